The van der Waals surface area contributed by atoms with Gasteiger partial charge in [-0.1, -0.05) is 11.3 Å². The Kier molecular flexibility index (Phi) is 8.70. The van der Waals surface area contributed by atoms with Crippen LogP contribution >= 0.6 is 11.3 Å². The summed E-state index contributed by atoms with van der Waals surface area (Å²) in [5, 5.41) is 0.568. The normalized spacial score (nSPS) is 10.9. The minimum atomic E-state index is 0.530. The Morgan fingerprint density at radius 2 is 1.67 bits per heavy atom. The maximum absolute atomic E-state index is 5.50. The Morgan fingerprint density at radius 3 is 2.22 bits per heavy atom. The topological polar surface area (TPSA) is 75.8 Å². The Bertz CT molecular complexity index is 309. The van der Waals surface area contributed by atoms with Crippen molar-refractivity contribution >= 4 is 16.5 Å². The number of anilines is 1. The van der Waals surface area contributed by atoms with Crippen LogP contribution in [0.25, 0.3) is 0 Å². The van der Waals surface area contributed by atoms with E-state index in [1.807, 2.05) is 0 Å². The molecule has 104 valence electrons. The van der Waals surface area contributed by atoms with Crippen LogP contribution in [-0.4, -0.2) is 51.7 Å². The molecule has 6 nitrogen and oxygen atoms in total. The van der Waals surface area contributed by atoms with Gasteiger partial charge in [-0.05, 0) is 0 Å². The molecular formula is C11H20N2O4S. The molecule has 0 aliphatic heterocycles. The van der Waals surface area contributed by atoms with E-state index < -0.39 is 0 Å². The van der Waals surface area contributed by atoms with Gasteiger partial charge >= 0.3 is 0 Å². The molecule has 0 radical (unpaired) electrons. The first kappa shape index (κ1) is 15.3. The van der Waals surface area contributed by atoms with Gasteiger partial charge in [-0.25, -0.2) is 4.98 Å². The Hall–Kier alpha value is -0.730. The summed E-state index contributed by atoms with van der Waals surface area (Å²) in [6.07, 6.45) is 1.73. The zero-order valence-electron chi connectivity index (χ0n) is 10.6. The van der Waals surface area contributed by atoms with E-state index in [9.17, 15) is 0 Å². The van der Waals surface area contributed by atoms with E-state index in [1.54, 1.807) is 13.3 Å². The predicted octanol–water partition coefficient (Wildman–Crippen LogP) is 0.921. The molecule has 0 fully saturated rings. The summed E-state index contributed by atoms with van der Waals surface area (Å²) in [5.74, 6) is 0. The van der Waals surface area contributed by atoms with Gasteiger partial charge in [0.05, 0.1) is 51.1 Å². The van der Waals surface area contributed by atoms with Crippen molar-refractivity contribution in [1.29, 1.82) is 0 Å². The summed E-state index contributed by atoms with van der Waals surface area (Å²) in [6, 6.07) is 0. The van der Waals surface area contributed by atoms with Gasteiger partial charge in [-0.2, -0.15) is 0 Å². The number of ether oxygens (including phenoxy) is 4. The van der Waals surface area contributed by atoms with Crippen LogP contribution in [0.2, 0.25) is 0 Å². The van der Waals surface area contributed by atoms with Gasteiger partial charge in [0.1, 0.15) is 0 Å². The second kappa shape index (κ2) is 10.2. The number of aromatic nitrogens is 1. The third kappa shape index (κ3) is 7.57. The van der Waals surface area contributed by atoms with E-state index in [0.29, 0.717) is 51.4 Å². The van der Waals surface area contributed by atoms with Crippen molar-refractivity contribution in [2.75, 3.05) is 52.5 Å². The summed E-state index contributed by atoms with van der Waals surface area (Å²) in [5.41, 5.74) is 5.50. The summed E-state index contributed by atoms with van der Waals surface area (Å²) >= 11 is 1.44. The first-order chi connectivity index (χ1) is 8.83. The molecule has 1 rings (SSSR count). The van der Waals surface area contributed by atoms with E-state index >= 15 is 0 Å². The van der Waals surface area contributed by atoms with Gasteiger partial charge in [0, 0.05) is 13.3 Å². The first-order valence-electron chi connectivity index (χ1n) is 5.75. The average molecular weight is 276 g/mol. The van der Waals surface area contributed by atoms with E-state index in [4.69, 9.17) is 24.7 Å². The molecule has 0 unspecified atom stereocenters. The van der Waals surface area contributed by atoms with Crippen LogP contribution in [0, 0.1) is 0 Å². The zero-order valence-corrected chi connectivity index (χ0v) is 11.4. The monoisotopic (exact) mass is 276 g/mol. The van der Waals surface area contributed by atoms with E-state index in [2.05, 4.69) is 4.98 Å². The van der Waals surface area contributed by atoms with Crippen molar-refractivity contribution in [1.82, 2.24) is 4.98 Å². The highest BCUT2D eigenvalue weighted by Gasteiger charge is 1.98. The lowest BCUT2D eigenvalue weighted by Gasteiger charge is -2.05. The lowest BCUT2D eigenvalue weighted by atomic mass is 10.6. The fourth-order valence-corrected chi connectivity index (χ4v) is 1.77. The number of hydrogen-bond acceptors (Lipinski definition) is 7. The molecule has 2 N–H and O–H groups in total. The van der Waals surface area contributed by atoms with Crippen LogP contribution in [-0.2, 0) is 25.6 Å². The molecule has 0 bridgehead atoms. The van der Waals surface area contributed by atoms with Crippen molar-refractivity contribution < 1.29 is 18.9 Å². The molecule has 0 atom stereocenters. The standard InChI is InChI=1S/C11H20N2O4S/c1-14-2-3-15-4-5-16-6-7-17-9-10-8-13-11(12)18-10/h8H,2-7,9H2,1H3,(H2,12,13). The van der Waals surface area contributed by atoms with Crippen LogP contribution in [0.1, 0.15) is 4.88 Å². The SMILES string of the molecule is COCCOCCOCCOCc1cnc(N)s1. The number of thiazole rings is 1. The van der Waals surface area contributed by atoms with Gasteiger partial charge in [-0.15, -0.1) is 0 Å². The van der Waals surface area contributed by atoms with Gasteiger partial charge in [0.25, 0.3) is 0 Å². The maximum Gasteiger partial charge on any atom is 0.180 e. The minimum absolute atomic E-state index is 0.530. The molecule has 18 heavy (non-hydrogen) atoms. The molecule has 0 amide bonds. The van der Waals surface area contributed by atoms with Crippen LogP contribution < -0.4 is 5.73 Å². The van der Waals surface area contributed by atoms with Gasteiger partial charge in [0.2, 0.25) is 0 Å². The second-order valence-corrected chi connectivity index (χ2v) is 4.58. The molecule has 0 saturated carbocycles. The summed E-state index contributed by atoms with van der Waals surface area (Å²) < 4.78 is 20.8. The van der Waals surface area contributed by atoms with E-state index in [1.165, 1.54) is 11.3 Å². The molecule has 0 aliphatic rings. The van der Waals surface area contributed by atoms with Crippen LogP contribution in [0.3, 0.4) is 0 Å². The van der Waals surface area contributed by atoms with Gasteiger partial charge < -0.3 is 24.7 Å². The van der Waals surface area contributed by atoms with Crippen LogP contribution in [0.5, 0.6) is 0 Å². The highest BCUT2D eigenvalue weighted by molar-refractivity contribution is 7.15. The second-order valence-electron chi connectivity index (χ2n) is 3.43. The third-order valence-electron chi connectivity index (χ3n) is 1.99. The number of nitrogen functional groups attached to an aromatic ring is 1. The van der Waals surface area contributed by atoms with Gasteiger partial charge in [0.15, 0.2) is 5.13 Å². The summed E-state index contributed by atoms with van der Waals surface area (Å²) in [7, 11) is 1.65. The third-order valence-corrected chi connectivity index (χ3v) is 2.79. The Balaban J connectivity index is 1.81. The molecule has 1 aromatic heterocycles. The molecule has 0 saturated heterocycles. The van der Waals surface area contributed by atoms with Crippen molar-refractivity contribution in [2.24, 2.45) is 0 Å². The molecular weight excluding hydrogens is 256 g/mol. The average Bonchev–Trinajstić information content (AvgIpc) is 2.77. The number of nitrogens with two attached hydrogens (primary N) is 1. The van der Waals surface area contributed by atoms with E-state index in [0.717, 1.165) is 4.88 Å². The molecule has 0 aliphatic carbocycles. The molecule has 0 spiro atoms. The van der Waals surface area contributed by atoms with E-state index in [-0.39, 0.29) is 0 Å². The maximum atomic E-state index is 5.50. The molecule has 1 heterocycles. The summed E-state index contributed by atoms with van der Waals surface area (Å²) in [6.45, 7) is 4.00. The largest absolute Gasteiger partial charge is 0.382 e. The fraction of sp³-hybridized carbons (Fsp3) is 0.727. The number of methoxy groups -OCH3 is 1. The van der Waals surface area contributed by atoms with Gasteiger partial charge in [-0.3, -0.25) is 0 Å². The molecule has 0 aromatic carbocycles. The smallest absolute Gasteiger partial charge is 0.180 e. The fourth-order valence-electron chi connectivity index (χ4n) is 1.14. The quantitative estimate of drug-likeness (QED) is 0.606. The van der Waals surface area contributed by atoms with Crippen LogP contribution in [0.4, 0.5) is 5.13 Å². The highest BCUT2D eigenvalue weighted by atomic mass is 32.1. The highest BCUT2D eigenvalue weighted by Crippen LogP contribution is 2.14. The van der Waals surface area contributed by atoms with Crippen molar-refractivity contribution in [3.8, 4) is 0 Å². The Morgan fingerprint density at radius 1 is 1.06 bits per heavy atom. The lowest BCUT2D eigenvalue weighted by Crippen LogP contribution is -2.11. The van der Waals surface area contributed by atoms with Crippen molar-refractivity contribution in [3.05, 3.63) is 11.1 Å². The van der Waals surface area contributed by atoms with Crippen molar-refractivity contribution in [3.63, 3.8) is 0 Å². The van der Waals surface area contributed by atoms with Crippen LogP contribution in [0.15, 0.2) is 6.20 Å². The first-order valence-corrected chi connectivity index (χ1v) is 6.57. The lowest BCUT2D eigenvalue weighted by molar-refractivity contribution is 0.00118. The predicted molar refractivity (Wildman–Crippen MR) is 69.7 cm³/mol. The number of rotatable bonds is 11. The zero-order chi connectivity index (χ0) is 13.1. The Labute approximate surface area is 111 Å². The molecule has 7 heteroatoms. The van der Waals surface area contributed by atoms with Crippen molar-refractivity contribution in [2.45, 2.75) is 6.61 Å². The number of hydrogen-bond donors (Lipinski definition) is 1. The summed E-state index contributed by atoms with van der Waals surface area (Å²) in [4.78, 5) is 4.96. The minimum Gasteiger partial charge on any atom is -0.382 e. The molecule has 1 aromatic rings. The number of nitrogens with zero attached hydrogens (tertiary/aromatic N) is 1.